The Morgan fingerprint density at radius 2 is 1.83 bits per heavy atom. The number of hydrogen-bond donors (Lipinski definition) is 3. The lowest BCUT2D eigenvalue weighted by Gasteiger charge is -1.95. The lowest BCUT2D eigenvalue weighted by atomic mass is 10.2. The third-order valence-corrected chi connectivity index (χ3v) is 1.89. The van der Waals surface area contributed by atoms with Crippen LogP contribution >= 0.6 is 0 Å². The number of aliphatic carboxylic acids is 2. The molecule has 3 N–H and O–H groups in total. The molecule has 0 fully saturated rings. The molecule has 98 valence electrons. The van der Waals surface area contributed by atoms with Crippen LogP contribution < -0.4 is 5.32 Å². The van der Waals surface area contributed by atoms with Crippen LogP contribution in [0.5, 0.6) is 0 Å². The summed E-state index contributed by atoms with van der Waals surface area (Å²) in [6.07, 6.45) is 3.16. The molecular formula is C11H14N2O5. The molecule has 0 unspecified atom stereocenters. The molecule has 0 atom stereocenters. The highest BCUT2D eigenvalue weighted by Gasteiger charge is 2.18. The number of nitrogens with zero attached hydrogens (tertiary/aromatic N) is 1. The largest absolute Gasteiger partial charge is 0.481 e. The topological polar surface area (TPSA) is 117 Å². The van der Waals surface area contributed by atoms with Crippen LogP contribution in [0.1, 0.15) is 17.3 Å². The van der Waals surface area contributed by atoms with Crippen molar-refractivity contribution < 1.29 is 24.6 Å². The summed E-state index contributed by atoms with van der Waals surface area (Å²) in [6.45, 7) is 1.12. The zero-order valence-electron chi connectivity index (χ0n) is 9.95. The zero-order valence-corrected chi connectivity index (χ0v) is 9.95. The Balaban J connectivity index is 0.000000331. The van der Waals surface area contributed by atoms with Crippen molar-refractivity contribution in [3.8, 4) is 0 Å². The lowest BCUT2D eigenvalue weighted by Crippen LogP contribution is -2.19. The fourth-order valence-corrected chi connectivity index (χ4v) is 0.747. The number of carbonyl (C=O) groups excluding carboxylic acids is 1. The van der Waals surface area contributed by atoms with Crippen LogP contribution in [0.3, 0.4) is 0 Å². The van der Waals surface area contributed by atoms with E-state index >= 15 is 0 Å². The summed E-state index contributed by atoms with van der Waals surface area (Å²) < 4.78 is 0. The minimum atomic E-state index is -1.31. The summed E-state index contributed by atoms with van der Waals surface area (Å²) in [5, 5.41) is 18.4. The molecule has 7 heteroatoms. The van der Waals surface area contributed by atoms with Crippen LogP contribution in [0.4, 0.5) is 0 Å². The van der Waals surface area contributed by atoms with Gasteiger partial charge in [-0.05, 0) is 19.1 Å². The van der Waals surface area contributed by atoms with Crippen LogP contribution in [0, 0.1) is 5.92 Å². The van der Waals surface area contributed by atoms with Crippen molar-refractivity contribution in [2.75, 3.05) is 7.05 Å². The number of pyridine rings is 1. The van der Waals surface area contributed by atoms with Gasteiger partial charge >= 0.3 is 11.9 Å². The van der Waals surface area contributed by atoms with Gasteiger partial charge in [0.2, 0.25) is 0 Å². The number of carboxylic acids is 2. The SMILES string of the molecule is CC(C(=O)O)C(=O)O.CNC(=O)c1cccnc1. The Bertz CT molecular complexity index is 405. The smallest absolute Gasteiger partial charge is 0.317 e. The fourth-order valence-electron chi connectivity index (χ4n) is 0.747. The minimum absolute atomic E-state index is 0.104. The Kier molecular flexibility index (Phi) is 6.72. The van der Waals surface area contributed by atoms with Crippen LogP contribution in [0.2, 0.25) is 0 Å². The normalized spacial score (nSPS) is 9.06. The predicted octanol–water partition coefficient (Wildman–Crippen LogP) is 0.233. The Morgan fingerprint density at radius 1 is 1.28 bits per heavy atom. The second kappa shape index (κ2) is 7.77. The van der Waals surface area contributed by atoms with Gasteiger partial charge in [-0.2, -0.15) is 0 Å². The molecule has 0 bridgehead atoms. The van der Waals surface area contributed by atoms with Crippen molar-refractivity contribution in [2.24, 2.45) is 5.92 Å². The molecule has 0 aliphatic heterocycles. The van der Waals surface area contributed by atoms with Gasteiger partial charge in [0.05, 0.1) is 5.56 Å². The molecule has 0 aliphatic carbocycles. The van der Waals surface area contributed by atoms with Gasteiger partial charge in [-0.3, -0.25) is 19.4 Å². The first-order valence-corrected chi connectivity index (χ1v) is 4.97. The van der Waals surface area contributed by atoms with Crippen molar-refractivity contribution in [1.29, 1.82) is 0 Å². The Labute approximate surface area is 103 Å². The monoisotopic (exact) mass is 254 g/mol. The number of rotatable bonds is 3. The standard InChI is InChI=1S/C7H8N2O.C4H6O4/c1-8-7(10)6-3-2-4-9-5-6;1-2(3(5)6)4(7)8/h2-5H,1H3,(H,8,10);2H,1H3,(H,5,6)(H,7,8). The van der Waals surface area contributed by atoms with E-state index in [0.717, 1.165) is 6.92 Å². The second-order valence-electron chi connectivity index (χ2n) is 3.22. The highest BCUT2D eigenvalue weighted by Crippen LogP contribution is 1.93. The van der Waals surface area contributed by atoms with Crippen LogP contribution in [-0.4, -0.2) is 40.1 Å². The molecule has 0 aromatic carbocycles. The van der Waals surface area contributed by atoms with Crippen LogP contribution in [0.25, 0.3) is 0 Å². The summed E-state index contributed by atoms with van der Waals surface area (Å²) in [4.78, 5) is 34.2. The van der Waals surface area contributed by atoms with Crippen molar-refractivity contribution >= 4 is 17.8 Å². The van der Waals surface area contributed by atoms with Crippen molar-refractivity contribution in [2.45, 2.75) is 6.92 Å². The fraction of sp³-hybridized carbons (Fsp3) is 0.273. The van der Waals surface area contributed by atoms with Gasteiger partial charge in [0, 0.05) is 19.4 Å². The van der Waals surface area contributed by atoms with Crippen LogP contribution in [-0.2, 0) is 9.59 Å². The first-order chi connectivity index (χ1) is 8.40. The average molecular weight is 254 g/mol. The molecule has 0 saturated carbocycles. The number of hydrogen-bond acceptors (Lipinski definition) is 4. The maximum atomic E-state index is 10.9. The van der Waals surface area contributed by atoms with Gasteiger partial charge in [0.15, 0.2) is 5.92 Å². The van der Waals surface area contributed by atoms with E-state index in [1.54, 1.807) is 25.4 Å². The highest BCUT2D eigenvalue weighted by atomic mass is 16.4. The lowest BCUT2D eigenvalue weighted by molar-refractivity contribution is -0.153. The molecular weight excluding hydrogens is 240 g/mol. The first-order valence-electron chi connectivity index (χ1n) is 4.97. The molecule has 0 saturated heterocycles. The number of amides is 1. The summed E-state index contributed by atoms with van der Waals surface area (Å²) in [7, 11) is 1.59. The molecule has 18 heavy (non-hydrogen) atoms. The number of carboxylic acid groups (broad SMARTS) is 2. The van der Waals surface area contributed by atoms with Gasteiger partial charge < -0.3 is 15.5 Å². The van der Waals surface area contributed by atoms with E-state index in [1.807, 2.05) is 0 Å². The molecule has 0 aliphatic rings. The molecule has 1 heterocycles. The van der Waals surface area contributed by atoms with Crippen LogP contribution in [0.15, 0.2) is 24.5 Å². The maximum Gasteiger partial charge on any atom is 0.317 e. The Morgan fingerprint density at radius 3 is 2.11 bits per heavy atom. The Hall–Kier alpha value is -2.44. The molecule has 1 aromatic rings. The molecule has 1 rings (SSSR count). The molecule has 0 radical (unpaired) electrons. The average Bonchev–Trinajstić information content (AvgIpc) is 2.38. The third kappa shape index (κ3) is 5.59. The van der Waals surface area contributed by atoms with E-state index in [1.165, 1.54) is 6.20 Å². The molecule has 1 aromatic heterocycles. The quantitative estimate of drug-likeness (QED) is 0.665. The van der Waals surface area contributed by atoms with E-state index in [2.05, 4.69) is 10.3 Å². The van der Waals surface area contributed by atoms with Gasteiger partial charge in [0.25, 0.3) is 5.91 Å². The number of nitrogens with one attached hydrogen (secondary N) is 1. The van der Waals surface area contributed by atoms with Crippen molar-refractivity contribution in [3.05, 3.63) is 30.1 Å². The summed E-state index contributed by atoms with van der Waals surface area (Å²) in [5.41, 5.74) is 0.588. The highest BCUT2D eigenvalue weighted by molar-refractivity contribution is 5.93. The van der Waals surface area contributed by atoms with E-state index < -0.39 is 17.9 Å². The predicted molar refractivity (Wildman–Crippen MR) is 62.1 cm³/mol. The molecule has 0 spiro atoms. The van der Waals surface area contributed by atoms with E-state index in [-0.39, 0.29) is 5.91 Å². The minimum Gasteiger partial charge on any atom is -0.481 e. The van der Waals surface area contributed by atoms with Crippen molar-refractivity contribution in [1.82, 2.24) is 10.3 Å². The summed E-state index contributed by atoms with van der Waals surface area (Å²) in [6, 6.07) is 3.44. The number of carbonyl (C=O) groups is 3. The number of aromatic nitrogens is 1. The van der Waals surface area contributed by atoms with Gasteiger partial charge in [0.1, 0.15) is 0 Å². The van der Waals surface area contributed by atoms with E-state index in [9.17, 15) is 14.4 Å². The van der Waals surface area contributed by atoms with Gasteiger partial charge in [-0.1, -0.05) is 0 Å². The zero-order chi connectivity index (χ0) is 14.1. The summed E-state index contributed by atoms with van der Waals surface area (Å²) >= 11 is 0. The van der Waals surface area contributed by atoms with E-state index in [0.29, 0.717) is 5.56 Å². The third-order valence-electron chi connectivity index (χ3n) is 1.89. The van der Waals surface area contributed by atoms with Gasteiger partial charge in [-0.15, -0.1) is 0 Å². The molecule has 1 amide bonds. The van der Waals surface area contributed by atoms with Gasteiger partial charge in [-0.25, -0.2) is 0 Å². The van der Waals surface area contributed by atoms with Crippen molar-refractivity contribution in [3.63, 3.8) is 0 Å². The maximum absolute atomic E-state index is 10.9. The first kappa shape index (κ1) is 15.6. The molecule has 7 nitrogen and oxygen atoms in total. The van der Waals surface area contributed by atoms with E-state index in [4.69, 9.17) is 10.2 Å². The summed E-state index contributed by atoms with van der Waals surface area (Å²) in [5.74, 6) is -4.02. The second-order valence-corrected chi connectivity index (χ2v) is 3.22.